The van der Waals surface area contributed by atoms with E-state index in [1.807, 2.05) is 30.3 Å². The second-order valence-corrected chi connectivity index (χ2v) is 6.79. The van der Waals surface area contributed by atoms with E-state index in [4.69, 9.17) is 0 Å². The van der Waals surface area contributed by atoms with Crippen molar-refractivity contribution in [2.75, 3.05) is 13.1 Å². The first-order valence-electron chi connectivity index (χ1n) is 9.09. The van der Waals surface area contributed by atoms with Gasteiger partial charge in [-0.2, -0.15) is 0 Å². The van der Waals surface area contributed by atoms with E-state index in [1.165, 1.54) is 17.7 Å². The van der Waals surface area contributed by atoms with Crippen molar-refractivity contribution in [3.63, 3.8) is 0 Å². The number of rotatable bonds is 6. The summed E-state index contributed by atoms with van der Waals surface area (Å²) in [6, 6.07) is 17.3. The third-order valence-corrected chi connectivity index (χ3v) is 4.96. The van der Waals surface area contributed by atoms with Crippen molar-refractivity contribution in [1.29, 1.82) is 0 Å². The number of amides is 1. The van der Waals surface area contributed by atoms with Gasteiger partial charge in [0.25, 0.3) is 0 Å². The molecule has 2 aromatic rings. The van der Waals surface area contributed by atoms with E-state index in [2.05, 4.69) is 28.9 Å². The van der Waals surface area contributed by atoms with Crippen molar-refractivity contribution >= 4 is 5.91 Å². The fraction of sp³-hybridized carbons (Fsp3) is 0.318. The van der Waals surface area contributed by atoms with Crippen molar-refractivity contribution in [3.8, 4) is 0 Å². The SMILES string of the molecule is C=CCNC(=O)[C@H]1CC[C@@H](c2ccccc2)N(Cc2ccc(F)cc2)C1. The first-order valence-corrected chi connectivity index (χ1v) is 9.09. The maximum Gasteiger partial charge on any atom is 0.224 e. The van der Waals surface area contributed by atoms with Gasteiger partial charge in [-0.15, -0.1) is 6.58 Å². The van der Waals surface area contributed by atoms with Crippen LogP contribution in [0.2, 0.25) is 0 Å². The maximum absolute atomic E-state index is 13.2. The van der Waals surface area contributed by atoms with E-state index in [0.29, 0.717) is 19.6 Å². The van der Waals surface area contributed by atoms with Crippen LogP contribution in [0.15, 0.2) is 67.3 Å². The third kappa shape index (κ3) is 4.58. The van der Waals surface area contributed by atoms with Crippen molar-refractivity contribution < 1.29 is 9.18 Å². The lowest BCUT2D eigenvalue weighted by molar-refractivity contribution is -0.127. The van der Waals surface area contributed by atoms with Crippen LogP contribution in [-0.2, 0) is 11.3 Å². The monoisotopic (exact) mass is 352 g/mol. The topological polar surface area (TPSA) is 32.3 Å². The van der Waals surface area contributed by atoms with Gasteiger partial charge in [-0.3, -0.25) is 9.69 Å². The van der Waals surface area contributed by atoms with Gasteiger partial charge in [0, 0.05) is 25.7 Å². The van der Waals surface area contributed by atoms with E-state index in [1.54, 1.807) is 6.08 Å². The molecule has 136 valence electrons. The smallest absolute Gasteiger partial charge is 0.224 e. The summed E-state index contributed by atoms with van der Waals surface area (Å²) in [5.41, 5.74) is 2.32. The molecule has 2 aromatic carbocycles. The minimum absolute atomic E-state index is 0.0321. The van der Waals surface area contributed by atoms with E-state index in [0.717, 1.165) is 18.4 Å². The van der Waals surface area contributed by atoms with Gasteiger partial charge < -0.3 is 5.32 Å². The molecule has 1 aliphatic rings. The fourth-order valence-corrected chi connectivity index (χ4v) is 3.63. The molecule has 0 spiro atoms. The summed E-state index contributed by atoms with van der Waals surface area (Å²) in [5, 5.41) is 2.92. The van der Waals surface area contributed by atoms with Crippen LogP contribution in [0.1, 0.15) is 30.0 Å². The molecular formula is C22H25FN2O. The number of carbonyl (C=O) groups excluding carboxylic acids is 1. The largest absolute Gasteiger partial charge is 0.352 e. The number of hydrogen-bond donors (Lipinski definition) is 1. The van der Waals surface area contributed by atoms with Crippen LogP contribution in [-0.4, -0.2) is 23.9 Å². The highest BCUT2D eigenvalue weighted by molar-refractivity contribution is 5.79. The molecule has 1 saturated heterocycles. The molecule has 1 fully saturated rings. The molecule has 3 rings (SSSR count). The van der Waals surface area contributed by atoms with Crippen molar-refractivity contribution in [3.05, 3.63) is 84.2 Å². The van der Waals surface area contributed by atoms with Crippen molar-refractivity contribution in [2.45, 2.75) is 25.4 Å². The molecule has 1 amide bonds. The standard InChI is InChI=1S/C22H25FN2O/c1-2-14-24-22(26)19-10-13-21(18-6-4-3-5-7-18)25(16-19)15-17-8-11-20(23)12-9-17/h2-9,11-12,19,21H,1,10,13-16H2,(H,24,26)/t19-,21-/m0/s1. The summed E-state index contributed by atoms with van der Waals surface area (Å²) >= 11 is 0. The van der Waals surface area contributed by atoms with Crippen LogP contribution in [0, 0.1) is 11.7 Å². The lowest BCUT2D eigenvalue weighted by Gasteiger charge is -2.39. The lowest BCUT2D eigenvalue weighted by atomic mass is 9.88. The highest BCUT2D eigenvalue weighted by atomic mass is 19.1. The predicted molar refractivity (Wildman–Crippen MR) is 102 cm³/mol. The normalized spacial score (nSPS) is 20.5. The number of hydrogen-bond acceptors (Lipinski definition) is 2. The minimum Gasteiger partial charge on any atom is -0.352 e. The lowest BCUT2D eigenvalue weighted by Crippen LogP contribution is -2.44. The zero-order valence-corrected chi connectivity index (χ0v) is 14.9. The number of halogens is 1. The third-order valence-electron chi connectivity index (χ3n) is 4.96. The predicted octanol–water partition coefficient (Wildman–Crippen LogP) is 4.08. The van der Waals surface area contributed by atoms with Crippen molar-refractivity contribution in [1.82, 2.24) is 10.2 Å². The van der Waals surface area contributed by atoms with Crippen LogP contribution < -0.4 is 5.32 Å². The zero-order valence-electron chi connectivity index (χ0n) is 14.9. The van der Waals surface area contributed by atoms with E-state index >= 15 is 0 Å². The highest BCUT2D eigenvalue weighted by Gasteiger charge is 2.32. The molecular weight excluding hydrogens is 327 g/mol. The van der Waals surface area contributed by atoms with E-state index in [9.17, 15) is 9.18 Å². The molecule has 0 saturated carbocycles. The quantitative estimate of drug-likeness (QED) is 0.795. The molecule has 26 heavy (non-hydrogen) atoms. The molecule has 1 heterocycles. The Morgan fingerprint density at radius 2 is 1.88 bits per heavy atom. The average Bonchev–Trinajstić information content (AvgIpc) is 2.68. The Morgan fingerprint density at radius 3 is 2.58 bits per heavy atom. The van der Waals surface area contributed by atoms with Crippen LogP contribution in [0.5, 0.6) is 0 Å². The van der Waals surface area contributed by atoms with Crippen molar-refractivity contribution in [2.24, 2.45) is 5.92 Å². The van der Waals surface area contributed by atoms with Gasteiger partial charge in [0.05, 0.1) is 5.92 Å². The van der Waals surface area contributed by atoms with E-state index in [-0.39, 0.29) is 23.7 Å². The summed E-state index contributed by atoms with van der Waals surface area (Å²) in [7, 11) is 0. The summed E-state index contributed by atoms with van der Waals surface area (Å²) < 4.78 is 13.2. The molecule has 4 heteroatoms. The number of nitrogens with one attached hydrogen (secondary N) is 1. The molecule has 0 radical (unpaired) electrons. The molecule has 1 N–H and O–H groups in total. The average molecular weight is 352 g/mol. The fourth-order valence-electron chi connectivity index (χ4n) is 3.63. The number of likely N-dealkylation sites (tertiary alicyclic amines) is 1. The van der Waals surface area contributed by atoms with Crippen LogP contribution >= 0.6 is 0 Å². The van der Waals surface area contributed by atoms with Gasteiger partial charge in [-0.1, -0.05) is 48.5 Å². The molecule has 0 unspecified atom stereocenters. The van der Waals surface area contributed by atoms with Crippen LogP contribution in [0.4, 0.5) is 4.39 Å². The van der Waals surface area contributed by atoms with Gasteiger partial charge in [-0.25, -0.2) is 4.39 Å². The Morgan fingerprint density at radius 1 is 1.15 bits per heavy atom. The van der Waals surface area contributed by atoms with Gasteiger partial charge >= 0.3 is 0 Å². The number of nitrogens with zero attached hydrogens (tertiary/aromatic N) is 1. The molecule has 0 bridgehead atoms. The first-order chi connectivity index (χ1) is 12.7. The van der Waals surface area contributed by atoms with Gasteiger partial charge in [0.15, 0.2) is 0 Å². The van der Waals surface area contributed by atoms with Gasteiger partial charge in [0.1, 0.15) is 5.82 Å². The Kier molecular flexibility index (Phi) is 6.18. The van der Waals surface area contributed by atoms with Crippen LogP contribution in [0.3, 0.4) is 0 Å². The Balaban J connectivity index is 1.77. The second kappa shape index (κ2) is 8.77. The van der Waals surface area contributed by atoms with E-state index < -0.39 is 0 Å². The summed E-state index contributed by atoms with van der Waals surface area (Å²) in [6.45, 7) is 5.54. The van der Waals surface area contributed by atoms with Gasteiger partial charge in [-0.05, 0) is 36.1 Å². The minimum atomic E-state index is -0.228. The first kappa shape index (κ1) is 18.3. The molecule has 3 nitrogen and oxygen atoms in total. The molecule has 0 aliphatic carbocycles. The second-order valence-electron chi connectivity index (χ2n) is 6.79. The van der Waals surface area contributed by atoms with Gasteiger partial charge in [0.2, 0.25) is 5.91 Å². The maximum atomic E-state index is 13.2. The number of piperidine rings is 1. The molecule has 2 atom stereocenters. The Bertz CT molecular complexity index is 730. The molecule has 0 aromatic heterocycles. The summed E-state index contributed by atoms with van der Waals surface area (Å²) in [4.78, 5) is 14.7. The van der Waals surface area contributed by atoms with Crippen LogP contribution in [0.25, 0.3) is 0 Å². The molecule has 1 aliphatic heterocycles. The highest BCUT2D eigenvalue weighted by Crippen LogP contribution is 2.34. The summed E-state index contributed by atoms with van der Waals surface area (Å²) in [5.74, 6) is -0.176. The Labute approximate surface area is 154 Å². The summed E-state index contributed by atoms with van der Waals surface area (Å²) in [6.07, 6.45) is 3.49. The Hall–Kier alpha value is -2.46. The number of carbonyl (C=O) groups is 1. The number of benzene rings is 2. The zero-order chi connectivity index (χ0) is 18.4.